The number of benzene rings is 1. The highest BCUT2D eigenvalue weighted by atomic mass is 79.9. The number of rotatable bonds is 2. The molecule has 0 aliphatic carbocycles. The average Bonchev–Trinajstić information content (AvgIpc) is 2.18. The Morgan fingerprint density at radius 2 is 2.00 bits per heavy atom. The van der Waals surface area contributed by atoms with Crippen LogP contribution in [0.25, 0.3) is 0 Å². The zero-order chi connectivity index (χ0) is 12.5. The Hall–Kier alpha value is -0.590. The van der Waals surface area contributed by atoms with Gasteiger partial charge in [0.05, 0.1) is 4.90 Å². The van der Waals surface area contributed by atoms with Gasteiger partial charge in [-0.15, -0.1) is 0 Å². The van der Waals surface area contributed by atoms with E-state index in [0.29, 0.717) is 10.0 Å². The SMILES string of the molecule is CNC(=O)c1cc(Br)c(C)c(S(=O)(=O)Cl)c1. The van der Waals surface area contributed by atoms with Gasteiger partial charge in [-0.3, -0.25) is 4.79 Å². The average molecular weight is 327 g/mol. The van der Waals surface area contributed by atoms with E-state index in [4.69, 9.17) is 10.7 Å². The fourth-order valence-electron chi connectivity index (χ4n) is 1.18. The van der Waals surface area contributed by atoms with Crippen molar-refractivity contribution >= 4 is 41.6 Å². The molecule has 0 aromatic heterocycles. The summed E-state index contributed by atoms with van der Waals surface area (Å²) in [5, 5.41) is 2.41. The molecule has 88 valence electrons. The van der Waals surface area contributed by atoms with Gasteiger partial charge in [-0.05, 0) is 24.6 Å². The van der Waals surface area contributed by atoms with Gasteiger partial charge in [-0.1, -0.05) is 15.9 Å². The third-order valence-electron chi connectivity index (χ3n) is 2.05. The minimum Gasteiger partial charge on any atom is -0.355 e. The number of hydrogen-bond donors (Lipinski definition) is 1. The summed E-state index contributed by atoms with van der Waals surface area (Å²) in [7, 11) is 2.88. The van der Waals surface area contributed by atoms with Crippen LogP contribution in [0.4, 0.5) is 0 Å². The van der Waals surface area contributed by atoms with Crippen LogP contribution in [0.5, 0.6) is 0 Å². The lowest BCUT2D eigenvalue weighted by Gasteiger charge is -2.07. The van der Waals surface area contributed by atoms with Crippen LogP contribution in [0.1, 0.15) is 15.9 Å². The second-order valence-electron chi connectivity index (χ2n) is 3.10. The molecule has 1 rings (SSSR count). The number of amides is 1. The zero-order valence-corrected chi connectivity index (χ0v) is 11.7. The highest BCUT2D eigenvalue weighted by Gasteiger charge is 2.18. The fourth-order valence-corrected chi connectivity index (χ4v) is 3.00. The van der Waals surface area contributed by atoms with Gasteiger partial charge in [0.15, 0.2) is 0 Å². The molecule has 1 amide bonds. The normalized spacial score (nSPS) is 11.2. The first-order valence-corrected chi connectivity index (χ1v) is 7.34. The van der Waals surface area contributed by atoms with Crippen molar-refractivity contribution in [1.82, 2.24) is 5.32 Å². The van der Waals surface area contributed by atoms with E-state index in [1.807, 2.05) is 0 Å². The van der Waals surface area contributed by atoms with Gasteiger partial charge in [0.2, 0.25) is 0 Å². The Morgan fingerprint density at radius 3 is 2.44 bits per heavy atom. The summed E-state index contributed by atoms with van der Waals surface area (Å²) in [4.78, 5) is 11.3. The first-order chi connectivity index (χ1) is 7.27. The van der Waals surface area contributed by atoms with Crippen molar-refractivity contribution in [3.05, 3.63) is 27.7 Å². The van der Waals surface area contributed by atoms with E-state index in [0.717, 1.165) is 0 Å². The number of halogens is 2. The van der Waals surface area contributed by atoms with E-state index in [1.54, 1.807) is 13.0 Å². The van der Waals surface area contributed by atoms with Crippen molar-refractivity contribution in [2.24, 2.45) is 0 Å². The molecule has 0 fully saturated rings. The molecule has 0 spiro atoms. The minimum absolute atomic E-state index is 0.0675. The van der Waals surface area contributed by atoms with Crippen molar-refractivity contribution in [2.75, 3.05) is 7.05 Å². The molecule has 0 unspecified atom stereocenters. The van der Waals surface area contributed by atoms with Crippen LogP contribution >= 0.6 is 26.6 Å². The minimum atomic E-state index is -3.86. The Labute approximate surface area is 107 Å². The van der Waals surface area contributed by atoms with Crippen LogP contribution in [0.3, 0.4) is 0 Å². The summed E-state index contributed by atoms with van der Waals surface area (Å²) in [5.41, 5.74) is 0.710. The van der Waals surface area contributed by atoms with Crippen LogP contribution in [0.2, 0.25) is 0 Å². The molecular formula is C9H9BrClNO3S. The molecule has 0 saturated carbocycles. The lowest BCUT2D eigenvalue weighted by molar-refractivity contribution is 0.0963. The summed E-state index contributed by atoms with van der Waals surface area (Å²) in [6.07, 6.45) is 0. The molecule has 0 saturated heterocycles. The van der Waals surface area contributed by atoms with Crippen LogP contribution in [-0.2, 0) is 9.05 Å². The Morgan fingerprint density at radius 1 is 1.44 bits per heavy atom. The fraction of sp³-hybridized carbons (Fsp3) is 0.222. The Bertz CT molecular complexity index is 542. The molecule has 0 aliphatic rings. The lowest BCUT2D eigenvalue weighted by atomic mass is 10.1. The molecule has 0 heterocycles. The maximum atomic E-state index is 11.4. The molecule has 0 atom stereocenters. The van der Waals surface area contributed by atoms with Crippen molar-refractivity contribution in [2.45, 2.75) is 11.8 Å². The summed E-state index contributed by atoms with van der Waals surface area (Å²) >= 11 is 3.18. The molecule has 4 nitrogen and oxygen atoms in total. The molecule has 1 N–H and O–H groups in total. The summed E-state index contributed by atoms with van der Waals surface area (Å²) < 4.78 is 23.1. The summed E-state index contributed by atoms with van der Waals surface area (Å²) in [6, 6.07) is 2.79. The van der Waals surface area contributed by atoms with Gasteiger partial charge in [0.25, 0.3) is 15.0 Å². The molecule has 0 radical (unpaired) electrons. The highest BCUT2D eigenvalue weighted by molar-refractivity contribution is 9.10. The van der Waals surface area contributed by atoms with Crippen molar-refractivity contribution in [3.8, 4) is 0 Å². The van der Waals surface area contributed by atoms with E-state index >= 15 is 0 Å². The van der Waals surface area contributed by atoms with Gasteiger partial charge in [-0.2, -0.15) is 0 Å². The van der Waals surface area contributed by atoms with Crippen LogP contribution in [0, 0.1) is 6.92 Å². The zero-order valence-electron chi connectivity index (χ0n) is 8.54. The standard InChI is InChI=1S/C9H9BrClNO3S/c1-5-7(10)3-6(9(13)12-2)4-8(5)16(11,14)15/h3-4H,1-2H3,(H,12,13). The smallest absolute Gasteiger partial charge is 0.261 e. The van der Waals surface area contributed by atoms with E-state index in [-0.39, 0.29) is 16.4 Å². The van der Waals surface area contributed by atoms with Gasteiger partial charge < -0.3 is 5.32 Å². The Balaban J connectivity index is 3.52. The van der Waals surface area contributed by atoms with E-state index in [2.05, 4.69) is 21.2 Å². The maximum Gasteiger partial charge on any atom is 0.261 e. The number of carbonyl (C=O) groups is 1. The third-order valence-corrected chi connectivity index (χ3v) is 4.32. The number of carbonyl (C=O) groups excluding carboxylic acids is 1. The number of hydrogen-bond acceptors (Lipinski definition) is 3. The highest BCUT2D eigenvalue weighted by Crippen LogP contribution is 2.27. The topological polar surface area (TPSA) is 63.2 Å². The lowest BCUT2D eigenvalue weighted by Crippen LogP contribution is -2.18. The predicted molar refractivity (Wildman–Crippen MR) is 65.3 cm³/mol. The molecule has 16 heavy (non-hydrogen) atoms. The quantitative estimate of drug-likeness (QED) is 0.846. The second kappa shape index (κ2) is 4.73. The van der Waals surface area contributed by atoms with Crippen molar-refractivity contribution < 1.29 is 13.2 Å². The second-order valence-corrected chi connectivity index (χ2v) is 6.49. The predicted octanol–water partition coefficient (Wildman–Crippen LogP) is 2.04. The number of nitrogens with one attached hydrogen (secondary N) is 1. The van der Waals surface area contributed by atoms with Crippen LogP contribution in [0.15, 0.2) is 21.5 Å². The molecule has 7 heteroatoms. The first-order valence-electron chi connectivity index (χ1n) is 4.24. The molecule has 0 aliphatic heterocycles. The monoisotopic (exact) mass is 325 g/mol. The summed E-state index contributed by atoms with van der Waals surface area (Å²) in [5.74, 6) is -0.373. The van der Waals surface area contributed by atoms with E-state index in [9.17, 15) is 13.2 Å². The van der Waals surface area contributed by atoms with Crippen molar-refractivity contribution in [1.29, 1.82) is 0 Å². The van der Waals surface area contributed by atoms with Gasteiger partial charge in [0.1, 0.15) is 0 Å². The molecule has 1 aromatic carbocycles. The summed E-state index contributed by atoms with van der Waals surface area (Å²) in [6.45, 7) is 1.60. The van der Waals surface area contributed by atoms with Crippen molar-refractivity contribution in [3.63, 3.8) is 0 Å². The maximum absolute atomic E-state index is 11.4. The first kappa shape index (κ1) is 13.5. The van der Waals surface area contributed by atoms with Gasteiger partial charge in [0, 0.05) is 27.8 Å². The van der Waals surface area contributed by atoms with E-state index < -0.39 is 9.05 Å². The molecular weight excluding hydrogens is 318 g/mol. The van der Waals surface area contributed by atoms with E-state index in [1.165, 1.54) is 13.1 Å². The van der Waals surface area contributed by atoms with Gasteiger partial charge >= 0.3 is 0 Å². The van der Waals surface area contributed by atoms with Crippen LogP contribution < -0.4 is 5.32 Å². The molecule has 1 aromatic rings. The Kier molecular flexibility index (Phi) is 3.98. The van der Waals surface area contributed by atoms with Gasteiger partial charge in [-0.25, -0.2) is 8.42 Å². The third kappa shape index (κ3) is 2.75. The van der Waals surface area contributed by atoms with Crippen LogP contribution in [-0.4, -0.2) is 21.4 Å². The molecule has 0 bridgehead atoms. The largest absolute Gasteiger partial charge is 0.355 e.